The summed E-state index contributed by atoms with van der Waals surface area (Å²) in [4.78, 5) is 11.9. The normalized spacial score (nSPS) is 10.7. The van der Waals surface area contributed by atoms with Crippen LogP contribution in [-0.2, 0) is 0 Å². The smallest absolute Gasteiger partial charge is 0.295 e. The van der Waals surface area contributed by atoms with Crippen LogP contribution in [0.4, 0.5) is 14.6 Å². The van der Waals surface area contributed by atoms with Crippen LogP contribution in [-0.4, -0.2) is 21.3 Å². The van der Waals surface area contributed by atoms with Crippen molar-refractivity contribution >= 4 is 11.7 Å². The maximum Gasteiger partial charge on any atom is 0.295 e. The predicted octanol–water partition coefficient (Wildman–Crippen LogP) is 2.90. The molecule has 0 aliphatic heterocycles. The van der Waals surface area contributed by atoms with Crippen molar-refractivity contribution < 1.29 is 18.1 Å². The van der Waals surface area contributed by atoms with E-state index in [1.807, 2.05) is 0 Å². The molecule has 0 fully saturated rings. The number of nitrogens with one attached hydrogen (secondary N) is 2. The van der Waals surface area contributed by atoms with Crippen LogP contribution in [0.25, 0.3) is 11.3 Å². The number of aryl methyl sites for hydroxylation is 1. The van der Waals surface area contributed by atoms with E-state index < -0.39 is 17.5 Å². The topological polar surface area (TPSA) is 83.8 Å². The Morgan fingerprint density at radius 1 is 1.27 bits per heavy atom. The van der Waals surface area contributed by atoms with Gasteiger partial charge in [0.05, 0.1) is 17.0 Å². The molecule has 112 valence electrons. The minimum Gasteiger partial charge on any atom is -0.351 e. The van der Waals surface area contributed by atoms with Crippen molar-refractivity contribution in [2.45, 2.75) is 6.92 Å². The summed E-state index contributed by atoms with van der Waals surface area (Å²) in [6.07, 6.45) is 0. The number of amides is 1. The Kier molecular flexibility index (Phi) is 3.42. The summed E-state index contributed by atoms with van der Waals surface area (Å²) in [6, 6.07) is 6.31. The Bertz CT molecular complexity index is 821. The first-order valence-electron chi connectivity index (χ1n) is 6.29. The van der Waals surface area contributed by atoms with Gasteiger partial charge < -0.3 is 9.84 Å². The molecule has 2 aromatic heterocycles. The summed E-state index contributed by atoms with van der Waals surface area (Å²) in [5.74, 6) is -1.90. The van der Waals surface area contributed by atoms with E-state index in [9.17, 15) is 13.6 Å². The van der Waals surface area contributed by atoms with Gasteiger partial charge in [0, 0.05) is 12.1 Å². The fraction of sp³-hybridized carbons (Fsp3) is 0.0714. The van der Waals surface area contributed by atoms with Crippen molar-refractivity contribution in [3.05, 3.63) is 53.4 Å². The van der Waals surface area contributed by atoms with Gasteiger partial charge in [-0.15, -0.1) is 0 Å². The molecular weight excluding hydrogens is 294 g/mol. The summed E-state index contributed by atoms with van der Waals surface area (Å²) in [5, 5.41) is 12.3. The highest BCUT2D eigenvalue weighted by Crippen LogP contribution is 2.25. The molecule has 0 aliphatic rings. The molecular formula is C14H10F2N4O2. The van der Waals surface area contributed by atoms with Crippen LogP contribution in [0.15, 0.2) is 34.9 Å². The Morgan fingerprint density at radius 3 is 2.64 bits per heavy atom. The van der Waals surface area contributed by atoms with E-state index in [0.29, 0.717) is 5.69 Å². The second-order valence-corrected chi connectivity index (χ2v) is 4.55. The van der Waals surface area contributed by atoms with Crippen molar-refractivity contribution in [1.29, 1.82) is 0 Å². The number of nitrogens with zero attached hydrogens (tertiary/aromatic N) is 2. The molecule has 0 saturated heterocycles. The average Bonchev–Trinajstić information content (AvgIpc) is 3.08. The second-order valence-electron chi connectivity index (χ2n) is 4.55. The number of carbonyl (C=O) groups excluding carboxylic acids is 1. The van der Waals surface area contributed by atoms with Crippen LogP contribution < -0.4 is 5.32 Å². The molecule has 0 saturated carbocycles. The van der Waals surface area contributed by atoms with Crippen LogP contribution >= 0.6 is 0 Å². The first-order chi connectivity index (χ1) is 10.5. The number of hydrogen-bond acceptors (Lipinski definition) is 4. The summed E-state index contributed by atoms with van der Waals surface area (Å²) in [5.41, 5.74) is 0.423. The summed E-state index contributed by atoms with van der Waals surface area (Å²) in [7, 11) is 0. The summed E-state index contributed by atoms with van der Waals surface area (Å²) in [6.45, 7) is 1.67. The van der Waals surface area contributed by atoms with Crippen molar-refractivity contribution in [2.24, 2.45) is 0 Å². The van der Waals surface area contributed by atoms with E-state index in [0.717, 1.165) is 12.1 Å². The largest absolute Gasteiger partial charge is 0.351 e. The molecule has 2 N–H and O–H groups in total. The van der Waals surface area contributed by atoms with Gasteiger partial charge in [-0.3, -0.25) is 9.89 Å². The average molecular weight is 304 g/mol. The SMILES string of the molecule is Cc1cc(C(=O)Nc2cc(-c3c(F)cccc3F)[nH]n2)on1. The van der Waals surface area contributed by atoms with Crippen LogP contribution in [0.1, 0.15) is 16.2 Å². The highest BCUT2D eigenvalue weighted by Gasteiger charge is 2.16. The monoisotopic (exact) mass is 304 g/mol. The van der Waals surface area contributed by atoms with Crippen LogP contribution in [0.2, 0.25) is 0 Å². The van der Waals surface area contributed by atoms with Crippen molar-refractivity contribution in [3.8, 4) is 11.3 Å². The molecule has 0 atom stereocenters. The third-order valence-electron chi connectivity index (χ3n) is 2.90. The molecule has 0 spiro atoms. The molecule has 2 heterocycles. The van der Waals surface area contributed by atoms with Crippen molar-refractivity contribution in [3.63, 3.8) is 0 Å². The van der Waals surface area contributed by atoms with Gasteiger partial charge in [-0.2, -0.15) is 5.10 Å². The van der Waals surface area contributed by atoms with E-state index in [1.54, 1.807) is 6.92 Å². The zero-order chi connectivity index (χ0) is 15.7. The van der Waals surface area contributed by atoms with Gasteiger partial charge in [0.15, 0.2) is 5.82 Å². The van der Waals surface area contributed by atoms with Gasteiger partial charge in [0.1, 0.15) is 11.6 Å². The number of aromatic nitrogens is 3. The maximum absolute atomic E-state index is 13.7. The number of carbonyl (C=O) groups is 1. The molecule has 6 nitrogen and oxygen atoms in total. The Balaban J connectivity index is 1.84. The number of aromatic amines is 1. The molecule has 0 bridgehead atoms. The van der Waals surface area contributed by atoms with E-state index in [4.69, 9.17) is 4.52 Å². The number of benzene rings is 1. The van der Waals surface area contributed by atoms with Crippen molar-refractivity contribution in [2.75, 3.05) is 5.32 Å². The highest BCUT2D eigenvalue weighted by molar-refractivity contribution is 6.01. The van der Waals surface area contributed by atoms with E-state index in [1.165, 1.54) is 18.2 Å². The van der Waals surface area contributed by atoms with Gasteiger partial charge >= 0.3 is 0 Å². The summed E-state index contributed by atoms with van der Waals surface area (Å²) < 4.78 is 32.2. The lowest BCUT2D eigenvalue weighted by Crippen LogP contribution is -2.11. The number of anilines is 1. The predicted molar refractivity (Wildman–Crippen MR) is 73.1 cm³/mol. The zero-order valence-corrected chi connectivity index (χ0v) is 11.4. The number of halogens is 2. The third-order valence-corrected chi connectivity index (χ3v) is 2.90. The third kappa shape index (κ3) is 2.58. The molecule has 0 radical (unpaired) electrons. The Morgan fingerprint density at radius 2 is 2.00 bits per heavy atom. The van der Waals surface area contributed by atoms with Crippen LogP contribution in [0, 0.1) is 18.6 Å². The Hall–Kier alpha value is -3.03. The van der Waals surface area contributed by atoms with E-state index in [-0.39, 0.29) is 22.8 Å². The summed E-state index contributed by atoms with van der Waals surface area (Å²) >= 11 is 0. The molecule has 22 heavy (non-hydrogen) atoms. The van der Waals surface area contributed by atoms with E-state index >= 15 is 0 Å². The molecule has 3 rings (SSSR count). The molecule has 8 heteroatoms. The highest BCUT2D eigenvalue weighted by atomic mass is 19.1. The van der Waals surface area contributed by atoms with Gasteiger partial charge in [-0.05, 0) is 19.1 Å². The molecule has 0 unspecified atom stereocenters. The number of H-pyrrole nitrogens is 1. The lowest BCUT2D eigenvalue weighted by molar-refractivity contribution is 0.0987. The quantitative estimate of drug-likeness (QED) is 0.779. The first-order valence-corrected chi connectivity index (χ1v) is 6.29. The first kappa shape index (κ1) is 13.9. The number of hydrogen-bond donors (Lipinski definition) is 2. The minimum absolute atomic E-state index is 0.0131. The van der Waals surface area contributed by atoms with Gasteiger partial charge in [-0.1, -0.05) is 11.2 Å². The lowest BCUT2D eigenvalue weighted by Gasteiger charge is -2.00. The van der Waals surface area contributed by atoms with Crippen molar-refractivity contribution in [1.82, 2.24) is 15.4 Å². The van der Waals surface area contributed by atoms with E-state index in [2.05, 4.69) is 20.7 Å². The zero-order valence-electron chi connectivity index (χ0n) is 11.4. The fourth-order valence-corrected chi connectivity index (χ4v) is 1.92. The minimum atomic E-state index is -0.729. The van der Waals surface area contributed by atoms with Crippen LogP contribution in [0.3, 0.4) is 0 Å². The number of rotatable bonds is 3. The standard InChI is InChI=1S/C14H10F2N4O2/c1-7-5-11(22-20-7)14(21)17-12-6-10(18-19-12)13-8(15)3-2-4-9(13)16/h2-6H,1H3,(H2,17,18,19,21). The van der Waals surface area contributed by atoms with Gasteiger partial charge in [0.25, 0.3) is 5.91 Å². The van der Waals surface area contributed by atoms with Crippen LogP contribution in [0.5, 0.6) is 0 Å². The van der Waals surface area contributed by atoms with Gasteiger partial charge in [0.2, 0.25) is 5.76 Å². The molecule has 0 aliphatic carbocycles. The van der Waals surface area contributed by atoms with Gasteiger partial charge in [-0.25, -0.2) is 8.78 Å². The maximum atomic E-state index is 13.7. The lowest BCUT2D eigenvalue weighted by atomic mass is 10.1. The Labute approximate surface area is 123 Å². The molecule has 3 aromatic rings. The second kappa shape index (κ2) is 5.40. The fourth-order valence-electron chi connectivity index (χ4n) is 1.92. The molecule has 1 amide bonds. The molecule has 1 aromatic carbocycles.